The molecule has 0 fully saturated rings. The fourth-order valence-corrected chi connectivity index (χ4v) is 3.24. The van der Waals surface area contributed by atoms with Crippen LogP contribution in [0.5, 0.6) is 5.75 Å². The molecule has 0 saturated carbocycles. The van der Waals surface area contributed by atoms with Gasteiger partial charge >= 0.3 is 0 Å². The van der Waals surface area contributed by atoms with Crippen LogP contribution in [0.3, 0.4) is 0 Å². The molecule has 3 N–H and O–H groups in total. The van der Waals surface area contributed by atoms with E-state index in [0.717, 1.165) is 33.8 Å². The summed E-state index contributed by atoms with van der Waals surface area (Å²) in [6, 6.07) is 7.65. The number of hydrogen-bond acceptors (Lipinski definition) is 5. The molecule has 4 rings (SSSR count). The SMILES string of the molecule is CC(=O)N1CCOc2ccc(-c3nc(N)[nH]c3-c3ccncc3C)cc21. The van der Waals surface area contributed by atoms with Gasteiger partial charge in [-0.2, -0.15) is 0 Å². The van der Waals surface area contributed by atoms with Crippen molar-refractivity contribution in [2.45, 2.75) is 13.8 Å². The summed E-state index contributed by atoms with van der Waals surface area (Å²) < 4.78 is 5.68. The number of nitrogens with zero attached hydrogens (tertiary/aromatic N) is 3. The number of aromatic amines is 1. The molecule has 0 spiro atoms. The second-order valence-corrected chi connectivity index (χ2v) is 6.24. The molecule has 1 amide bonds. The summed E-state index contributed by atoms with van der Waals surface area (Å²) in [4.78, 5) is 25.4. The van der Waals surface area contributed by atoms with Crippen LogP contribution in [0, 0.1) is 6.92 Å². The van der Waals surface area contributed by atoms with Crippen molar-refractivity contribution in [2.75, 3.05) is 23.8 Å². The van der Waals surface area contributed by atoms with Gasteiger partial charge in [-0.05, 0) is 36.8 Å². The number of rotatable bonds is 2. The van der Waals surface area contributed by atoms with Crippen LogP contribution in [0.1, 0.15) is 12.5 Å². The second-order valence-electron chi connectivity index (χ2n) is 6.24. The molecule has 1 aromatic carbocycles. The average molecular weight is 349 g/mol. The Morgan fingerprint density at radius 2 is 2.19 bits per heavy atom. The number of fused-ring (bicyclic) bond motifs is 1. The standard InChI is InChI=1S/C19H19N5O2/c1-11-10-21-6-5-14(11)18-17(22-19(20)23-18)13-3-4-16-15(9-13)24(12(2)25)7-8-26-16/h3-6,9-10H,7-8H2,1-2H3,(H3,20,22,23). The van der Waals surface area contributed by atoms with Crippen molar-refractivity contribution in [2.24, 2.45) is 0 Å². The Labute approximate surface area is 150 Å². The van der Waals surface area contributed by atoms with E-state index in [9.17, 15) is 4.79 Å². The highest BCUT2D eigenvalue weighted by atomic mass is 16.5. The third-order valence-electron chi connectivity index (χ3n) is 4.49. The fourth-order valence-electron chi connectivity index (χ4n) is 3.24. The minimum atomic E-state index is -0.0153. The van der Waals surface area contributed by atoms with Crippen molar-refractivity contribution < 1.29 is 9.53 Å². The van der Waals surface area contributed by atoms with E-state index in [1.54, 1.807) is 24.2 Å². The molecular weight excluding hydrogens is 330 g/mol. The molecule has 3 aromatic rings. The lowest BCUT2D eigenvalue weighted by Gasteiger charge is -2.29. The maximum absolute atomic E-state index is 12.0. The Morgan fingerprint density at radius 1 is 1.35 bits per heavy atom. The van der Waals surface area contributed by atoms with Gasteiger partial charge in [-0.25, -0.2) is 4.98 Å². The molecule has 3 heterocycles. The first-order valence-corrected chi connectivity index (χ1v) is 8.36. The smallest absolute Gasteiger partial charge is 0.224 e. The van der Waals surface area contributed by atoms with Crippen LogP contribution >= 0.6 is 0 Å². The highest BCUT2D eigenvalue weighted by Gasteiger charge is 2.23. The molecule has 0 aliphatic carbocycles. The second kappa shape index (κ2) is 6.18. The van der Waals surface area contributed by atoms with Crippen molar-refractivity contribution in [1.29, 1.82) is 0 Å². The molecular formula is C19H19N5O2. The van der Waals surface area contributed by atoms with Crippen LogP contribution in [0.4, 0.5) is 11.6 Å². The van der Waals surface area contributed by atoms with Gasteiger partial charge in [0.1, 0.15) is 12.4 Å². The molecule has 0 radical (unpaired) electrons. The number of carbonyl (C=O) groups excluding carboxylic acids is 1. The number of nitrogen functional groups attached to an aromatic ring is 1. The third kappa shape index (κ3) is 2.67. The number of benzene rings is 1. The van der Waals surface area contributed by atoms with Crippen LogP contribution in [0.25, 0.3) is 22.5 Å². The number of imidazole rings is 1. The number of pyridine rings is 1. The largest absolute Gasteiger partial charge is 0.490 e. The van der Waals surface area contributed by atoms with Gasteiger partial charge in [-0.3, -0.25) is 9.78 Å². The Morgan fingerprint density at radius 3 is 2.96 bits per heavy atom. The van der Waals surface area contributed by atoms with Crippen molar-refractivity contribution in [3.05, 3.63) is 42.2 Å². The van der Waals surface area contributed by atoms with Crippen LogP contribution in [-0.2, 0) is 4.79 Å². The minimum Gasteiger partial charge on any atom is -0.490 e. The van der Waals surface area contributed by atoms with Gasteiger partial charge in [0, 0.05) is 30.4 Å². The van der Waals surface area contributed by atoms with Gasteiger partial charge in [-0.1, -0.05) is 0 Å². The normalized spacial score (nSPS) is 13.2. The zero-order valence-corrected chi connectivity index (χ0v) is 14.6. The number of ether oxygens (including phenoxy) is 1. The molecule has 0 bridgehead atoms. The lowest BCUT2D eigenvalue weighted by Crippen LogP contribution is -2.36. The lowest BCUT2D eigenvalue weighted by molar-refractivity contribution is -0.116. The zero-order valence-electron chi connectivity index (χ0n) is 14.6. The summed E-state index contributed by atoms with van der Waals surface area (Å²) in [6.07, 6.45) is 3.54. The first-order chi connectivity index (χ1) is 12.5. The van der Waals surface area contributed by atoms with Gasteiger partial charge in [0.2, 0.25) is 5.91 Å². The number of nitrogens with two attached hydrogens (primary N) is 1. The number of hydrogen-bond donors (Lipinski definition) is 2. The molecule has 2 aromatic heterocycles. The first kappa shape index (κ1) is 16.1. The van der Waals surface area contributed by atoms with E-state index in [4.69, 9.17) is 10.5 Å². The number of amides is 1. The first-order valence-electron chi connectivity index (χ1n) is 8.36. The van der Waals surface area contributed by atoms with Crippen LogP contribution in [0.2, 0.25) is 0 Å². The monoisotopic (exact) mass is 349 g/mol. The molecule has 1 aliphatic rings. The summed E-state index contributed by atoms with van der Waals surface area (Å²) in [5.41, 5.74) is 11.1. The van der Waals surface area contributed by atoms with Gasteiger partial charge in [0.15, 0.2) is 5.95 Å². The van der Waals surface area contributed by atoms with Crippen molar-refractivity contribution in [1.82, 2.24) is 15.0 Å². The van der Waals surface area contributed by atoms with Crippen molar-refractivity contribution >= 4 is 17.5 Å². The molecule has 7 nitrogen and oxygen atoms in total. The number of nitrogens with one attached hydrogen (secondary N) is 1. The van der Waals surface area contributed by atoms with Crippen molar-refractivity contribution in [3.8, 4) is 28.3 Å². The number of aromatic nitrogens is 3. The molecule has 132 valence electrons. The molecule has 1 aliphatic heterocycles. The van der Waals surface area contributed by atoms with Gasteiger partial charge in [0.25, 0.3) is 0 Å². The number of carbonyl (C=O) groups is 1. The highest BCUT2D eigenvalue weighted by molar-refractivity contribution is 5.95. The Kier molecular flexibility index (Phi) is 3.84. The van der Waals surface area contributed by atoms with Gasteiger partial charge < -0.3 is 20.4 Å². The molecule has 7 heteroatoms. The molecule has 26 heavy (non-hydrogen) atoms. The Balaban J connectivity index is 1.86. The topological polar surface area (TPSA) is 97.1 Å². The van der Waals surface area contributed by atoms with E-state index in [2.05, 4.69) is 15.0 Å². The van der Waals surface area contributed by atoms with Crippen molar-refractivity contribution in [3.63, 3.8) is 0 Å². The summed E-state index contributed by atoms with van der Waals surface area (Å²) >= 11 is 0. The molecule has 0 atom stereocenters. The summed E-state index contributed by atoms with van der Waals surface area (Å²) in [7, 11) is 0. The van der Waals surface area contributed by atoms with E-state index >= 15 is 0 Å². The molecule has 0 saturated heterocycles. The average Bonchev–Trinajstić information content (AvgIpc) is 3.02. The minimum absolute atomic E-state index is 0.0153. The predicted octanol–water partition coefficient (Wildman–Crippen LogP) is 2.77. The number of H-pyrrole nitrogens is 1. The van der Waals surface area contributed by atoms with E-state index in [1.165, 1.54) is 0 Å². The van der Waals surface area contributed by atoms with E-state index in [1.807, 2.05) is 31.2 Å². The lowest BCUT2D eigenvalue weighted by atomic mass is 10.0. The van der Waals surface area contributed by atoms with Crippen LogP contribution in [-0.4, -0.2) is 34.0 Å². The quantitative estimate of drug-likeness (QED) is 0.741. The van der Waals surface area contributed by atoms with E-state index in [-0.39, 0.29) is 5.91 Å². The van der Waals surface area contributed by atoms with Crippen LogP contribution < -0.4 is 15.4 Å². The Bertz CT molecular complexity index is 995. The fraction of sp³-hybridized carbons (Fsp3) is 0.211. The van der Waals surface area contributed by atoms with E-state index in [0.29, 0.717) is 24.8 Å². The Hall–Kier alpha value is -3.35. The van der Waals surface area contributed by atoms with Gasteiger partial charge in [0.05, 0.1) is 23.6 Å². The van der Waals surface area contributed by atoms with Crippen LogP contribution in [0.15, 0.2) is 36.7 Å². The number of anilines is 2. The highest BCUT2D eigenvalue weighted by Crippen LogP contribution is 2.38. The maximum Gasteiger partial charge on any atom is 0.224 e. The summed E-state index contributed by atoms with van der Waals surface area (Å²) in [6.45, 7) is 4.56. The number of aryl methyl sites for hydroxylation is 1. The summed E-state index contributed by atoms with van der Waals surface area (Å²) in [5, 5.41) is 0. The van der Waals surface area contributed by atoms with Gasteiger partial charge in [-0.15, -0.1) is 0 Å². The third-order valence-corrected chi connectivity index (χ3v) is 4.49. The zero-order chi connectivity index (χ0) is 18.3. The maximum atomic E-state index is 12.0. The summed E-state index contributed by atoms with van der Waals surface area (Å²) in [5.74, 6) is 1.02. The molecule has 0 unspecified atom stereocenters. The van der Waals surface area contributed by atoms with E-state index < -0.39 is 0 Å². The predicted molar refractivity (Wildman–Crippen MR) is 99.9 cm³/mol.